The van der Waals surface area contributed by atoms with Crippen LogP contribution in [0.5, 0.6) is 5.75 Å². The van der Waals surface area contributed by atoms with Crippen molar-refractivity contribution in [1.82, 2.24) is 0 Å². The van der Waals surface area contributed by atoms with Crippen LogP contribution in [0.4, 0.5) is 0 Å². The molecule has 1 heterocycles. The van der Waals surface area contributed by atoms with Gasteiger partial charge in [-0.25, -0.2) is 0 Å². The molecule has 0 saturated heterocycles. The van der Waals surface area contributed by atoms with E-state index in [-0.39, 0.29) is 5.38 Å². The number of hydrogen-bond donors (Lipinski definition) is 0. The summed E-state index contributed by atoms with van der Waals surface area (Å²) in [6, 6.07) is 7.81. The summed E-state index contributed by atoms with van der Waals surface area (Å²) >= 11 is 9.91. The van der Waals surface area contributed by atoms with Crippen molar-refractivity contribution in [2.75, 3.05) is 6.61 Å². The topological polar surface area (TPSA) is 22.4 Å². The smallest absolute Gasteiger partial charge is 0.133 e. The Morgan fingerprint density at radius 2 is 2.11 bits per heavy atom. The fraction of sp³-hybridized carbons (Fsp3) is 0.286. The summed E-state index contributed by atoms with van der Waals surface area (Å²) in [5, 5.41) is -0.213. The summed E-state index contributed by atoms with van der Waals surface area (Å²) < 4.78 is 11.7. The van der Waals surface area contributed by atoms with Crippen LogP contribution >= 0.6 is 27.5 Å². The average Bonchev–Trinajstić information content (AvgIpc) is 2.78. The van der Waals surface area contributed by atoms with E-state index in [1.165, 1.54) is 0 Å². The first-order valence-corrected chi connectivity index (χ1v) is 6.96. The Labute approximate surface area is 120 Å². The van der Waals surface area contributed by atoms with Crippen LogP contribution < -0.4 is 4.74 Å². The van der Waals surface area contributed by atoms with Crippen molar-refractivity contribution in [3.63, 3.8) is 0 Å². The van der Waals surface area contributed by atoms with Crippen LogP contribution in [-0.4, -0.2) is 6.61 Å². The zero-order valence-corrected chi connectivity index (χ0v) is 12.6. The number of rotatable bonds is 4. The van der Waals surface area contributed by atoms with E-state index in [1.54, 1.807) is 6.26 Å². The molecule has 4 heteroatoms. The molecule has 2 aromatic rings. The van der Waals surface area contributed by atoms with Gasteiger partial charge < -0.3 is 9.15 Å². The highest BCUT2D eigenvalue weighted by Crippen LogP contribution is 2.34. The standard InChI is InChI=1S/C14H14BrClO2/c1-3-17-13-5-4-10(7-12(13)15)14(16)11-6-9(2)18-8-11/h4-8,14H,3H2,1-2H3. The van der Waals surface area contributed by atoms with Crippen LogP contribution in [0.15, 0.2) is 39.4 Å². The second-order valence-electron chi connectivity index (χ2n) is 3.98. The maximum Gasteiger partial charge on any atom is 0.133 e. The lowest BCUT2D eigenvalue weighted by Gasteiger charge is -2.11. The van der Waals surface area contributed by atoms with Crippen LogP contribution in [0.3, 0.4) is 0 Å². The molecule has 2 nitrogen and oxygen atoms in total. The van der Waals surface area contributed by atoms with Gasteiger partial charge in [-0.3, -0.25) is 0 Å². The highest BCUT2D eigenvalue weighted by atomic mass is 79.9. The summed E-state index contributed by atoms with van der Waals surface area (Å²) in [5.41, 5.74) is 1.97. The van der Waals surface area contributed by atoms with Crippen molar-refractivity contribution < 1.29 is 9.15 Å². The van der Waals surface area contributed by atoms with Gasteiger partial charge in [0, 0.05) is 5.56 Å². The van der Waals surface area contributed by atoms with E-state index in [4.69, 9.17) is 20.8 Å². The number of halogens is 2. The Hall–Kier alpha value is -0.930. The quantitative estimate of drug-likeness (QED) is 0.730. The van der Waals surface area contributed by atoms with E-state index < -0.39 is 0 Å². The maximum atomic E-state index is 6.42. The molecule has 0 fully saturated rings. The minimum absolute atomic E-state index is 0.213. The summed E-state index contributed by atoms with van der Waals surface area (Å²) in [4.78, 5) is 0. The second kappa shape index (κ2) is 5.81. The van der Waals surface area contributed by atoms with Gasteiger partial charge in [0.15, 0.2) is 0 Å². The van der Waals surface area contributed by atoms with Gasteiger partial charge in [0.05, 0.1) is 22.7 Å². The van der Waals surface area contributed by atoms with E-state index in [1.807, 2.05) is 38.1 Å². The van der Waals surface area contributed by atoms with E-state index in [9.17, 15) is 0 Å². The molecule has 1 atom stereocenters. The zero-order chi connectivity index (χ0) is 13.1. The normalized spacial score (nSPS) is 12.4. The lowest BCUT2D eigenvalue weighted by atomic mass is 10.1. The molecule has 0 aliphatic rings. The predicted octanol–water partition coefficient (Wildman–Crippen LogP) is 5.08. The summed E-state index contributed by atoms with van der Waals surface area (Å²) in [7, 11) is 0. The Morgan fingerprint density at radius 3 is 2.67 bits per heavy atom. The molecule has 1 aromatic carbocycles. The molecule has 1 aromatic heterocycles. The van der Waals surface area contributed by atoms with Gasteiger partial charge in [0.2, 0.25) is 0 Å². The minimum atomic E-state index is -0.213. The molecule has 1 unspecified atom stereocenters. The van der Waals surface area contributed by atoms with Crippen molar-refractivity contribution >= 4 is 27.5 Å². The van der Waals surface area contributed by atoms with Crippen LogP contribution in [-0.2, 0) is 0 Å². The second-order valence-corrected chi connectivity index (χ2v) is 5.27. The summed E-state index contributed by atoms with van der Waals surface area (Å²) in [6.45, 7) is 4.50. The number of ether oxygens (including phenoxy) is 1. The Morgan fingerprint density at radius 1 is 1.33 bits per heavy atom. The van der Waals surface area contributed by atoms with Gasteiger partial charge in [-0.1, -0.05) is 6.07 Å². The molecule has 0 spiro atoms. The highest BCUT2D eigenvalue weighted by molar-refractivity contribution is 9.10. The third-order valence-corrected chi connectivity index (χ3v) is 3.72. The van der Waals surface area contributed by atoms with Gasteiger partial charge in [-0.15, -0.1) is 11.6 Å². The number of alkyl halides is 1. The molecule has 0 aliphatic carbocycles. The van der Waals surface area contributed by atoms with Gasteiger partial charge in [-0.2, -0.15) is 0 Å². The van der Waals surface area contributed by atoms with E-state index >= 15 is 0 Å². The lowest BCUT2D eigenvalue weighted by Crippen LogP contribution is -1.95. The molecule has 0 N–H and O–H groups in total. The first-order valence-electron chi connectivity index (χ1n) is 5.73. The molecule has 2 rings (SSSR count). The van der Waals surface area contributed by atoms with Gasteiger partial charge in [-0.05, 0) is 53.5 Å². The zero-order valence-electron chi connectivity index (χ0n) is 10.2. The Bertz CT molecular complexity index is 536. The molecular formula is C14H14BrClO2. The third kappa shape index (κ3) is 2.90. The fourth-order valence-corrected chi connectivity index (χ4v) is 2.50. The van der Waals surface area contributed by atoms with Crippen molar-refractivity contribution in [1.29, 1.82) is 0 Å². The highest BCUT2D eigenvalue weighted by Gasteiger charge is 2.14. The van der Waals surface area contributed by atoms with Crippen LogP contribution in [0.1, 0.15) is 29.2 Å². The van der Waals surface area contributed by atoms with E-state index in [2.05, 4.69) is 15.9 Å². The van der Waals surface area contributed by atoms with Crippen molar-refractivity contribution in [3.8, 4) is 5.75 Å². The molecule has 0 bridgehead atoms. The SMILES string of the molecule is CCOc1ccc(C(Cl)c2coc(C)c2)cc1Br. The number of aryl methyl sites for hydroxylation is 1. The Kier molecular flexibility index (Phi) is 4.36. The van der Waals surface area contributed by atoms with Crippen LogP contribution in [0, 0.1) is 6.92 Å². The van der Waals surface area contributed by atoms with E-state index in [0.29, 0.717) is 6.61 Å². The molecule has 0 radical (unpaired) electrons. The van der Waals surface area contributed by atoms with Gasteiger partial charge >= 0.3 is 0 Å². The molecule has 96 valence electrons. The van der Waals surface area contributed by atoms with Gasteiger partial charge in [0.1, 0.15) is 11.5 Å². The average molecular weight is 330 g/mol. The number of furan rings is 1. The Balaban J connectivity index is 2.26. The number of hydrogen-bond acceptors (Lipinski definition) is 2. The van der Waals surface area contributed by atoms with Crippen molar-refractivity contribution in [3.05, 3.63) is 51.9 Å². The fourth-order valence-electron chi connectivity index (χ4n) is 1.74. The minimum Gasteiger partial charge on any atom is -0.493 e. The molecule has 0 saturated carbocycles. The summed E-state index contributed by atoms with van der Waals surface area (Å²) in [5.74, 6) is 1.69. The summed E-state index contributed by atoms with van der Waals surface area (Å²) in [6.07, 6.45) is 1.69. The van der Waals surface area contributed by atoms with E-state index in [0.717, 1.165) is 27.1 Å². The first-order chi connectivity index (χ1) is 8.61. The third-order valence-electron chi connectivity index (χ3n) is 2.59. The monoisotopic (exact) mass is 328 g/mol. The largest absolute Gasteiger partial charge is 0.493 e. The van der Waals surface area contributed by atoms with Crippen molar-refractivity contribution in [2.45, 2.75) is 19.2 Å². The van der Waals surface area contributed by atoms with Crippen LogP contribution in [0.25, 0.3) is 0 Å². The predicted molar refractivity (Wildman–Crippen MR) is 76.5 cm³/mol. The molecule has 18 heavy (non-hydrogen) atoms. The van der Waals surface area contributed by atoms with Crippen LogP contribution in [0.2, 0.25) is 0 Å². The maximum absolute atomic E-state index is 6.42. The van der Waals surface area contributed by atoms with Crippen molar-refractivity contribution in [2.24, 2.45) is 0 Å². The molecular weight excluding hydrogens is 316 g/mol. The molecule has 0 aliphatic heterocycles. The van der Waals surface area contributed by atoms with Gasteiger partial charge in [0.25, 0.3) is 0 Å². The first kappa shape index (κ1) is 13.5. The lowest BCUT2D eigenvalue weighted by molar-refractivity contribution is 0.338. The molecule has 0 amide bonds. The number of benzene rings is 1.